The van der Waals surface area contributed by atoms with Gasteiger partial charge in [-0.1, -0.05) is 37.7 Å². The predicted octanol–water partition coefficient (Wildman–Crippen LogP) is 6.73. The molecule has 0 saturated heterocycles. The average Bonchev–Trinajstić information content (AvgIpc) is 2.93. The van der Waals surface area contributed by atoms with Crippen molar-refractivity contribution in [2.24, 2.45) is 0 Å². The van der Waals surface area contributed by atoms with E-state index < -0.39 is 0 Å². The Labute approximate surface area is 229 Å². The number of methoxy groups -OCH3 is 1. The van der Waals surface area contributed by atoms with Crippen LogP contribution in [0.4, 0.5) is 11.5 Å². The van der Waals surface area contributed by atoms with Gasteiger partial charge in [0.25, 0.3) is 5.56 Å². The van der Waals surface area contributed by atoms with E-state index in [4.69, 9.17) is 21.9 Å². The van der Waals surface area contributed by atoms with Gasteiger partial charge < -0.3 is 20.4 Å². The minimum absolute atomic E-state index is 0.192. The third-order valence-corrected chi connectivity index (χ3v) is 6.96. The Bertz CT molecular complexity index is 1440. The summed E-state index contributed by atoms with van der Waals surface area (Å²) in [5, 5.41) is 7.93. The van der Waals surface area contributed by atoms with Crippen molar-refractivity contribution in [1.82, 2.24) is 20.3 Å². The zero-order valence-corrected chi connectivity index (χ0v) is 23.0. The third-order valence-electron chi connectivity index (χ3n) is 6.61. The monoisotopic (exact) mass is 529 g/mol. The van der Waals surface area contributed by atoms with Crippen molar-refractivity contribution in [2.45, 2.75) is 51.9 Å². The summed E-state index contributed by atoms with van der Waals surface area (Å²) in [6.07, 6.45) is 10.4. The molecule has 0 aliphatic rings. The maximum absolute atomic E-state index is 12.8. The lowest BCUT2D eigenvalue weighted by Crippen LogP contribution is -2.20. The number of fused-ring (bicyclic) bond motifs is 1. The SMILES string of the molecule is CCCC(CCCC(=S)NCC)c1ccc(Nc2nc(-c3cncc(OC)c3)cc3cc[nH]c(=O)c23)cc1. The lowest BCUT2D eigenvalue weighted by Gasteiger charge is -2.18. The molecule has 1 unspecified atom stereocenters. The molecule has 4 aromatic rings. The minimum atomic E-state index is -0.192. The number of aromatic amines is 1. The number of rotatable bonds is 12. The predicted molar refractivity (Wildman–Crippen MR) is 160 cm³/mol. The molecule has 3 aromatic heterocycles. The van der Waals surface area contributed by atoms with Crippen molar-refractivity contribution in [3.05, 3.63) is 77.0 Å². The summed E-state index contributed by atoms with van der Waals surface area (Å²) in [7, 11) is 1.61. The number of benzene rings is 1. The van der Waals surface area contributed by atoms with Crippen LogP contribution < -0.4 is 20.9 Å². The van der Waals surface area contributed by atoms with Crippen LogP contribution in [0.25, 0.3) is 22.0 Å². The number of ether oxygens (including phenoxy) is 1. The first-order valence-electron chi connectivity index (χ1n) is 13.2. The van der Waals surface area contributed by atoms with E-state index in [1.54, 1.807) is 25.7 Å². The normalized spacial score (nSPS) is 11.8. The van der Waals surface area contributed by atoms with E-state index in [9.17, 15) is 4.79 Å². The number of hydrogen-bond donors (Lipinski definition) is 3. The summed E-state index contributed by atoms with van der Waals surface area (Å²) in [6, 6.07) is 14.1. The van der Waals surface area contributed by atoms with Crippen LogP contribution in [0.2, 0.25) is 0 Å². The second kappa shape index (κ2) is 13.1. The van der Waals surface area contributed by atoms with E-state index in [1.807, 2.05) is 18.2 Å². The van der Waals surface area contributed by atoms with Crippen LogP contribution in [0.5, 0.6) is 5.75 Å². The Hall–Kier alpha value is -3.78. The van der Waals surface area contributed by atoms with Gasteiger partial charge in [-0.15, -0.1) is 0 Å². The number of nitrogens with zero attached hydrogens (tertiary/aromatic N) is 2. The van der Waals surface area contributed by atoms with Gasteiger partial charge >= 0.3 is 0 Å². The average molecular weight is 530 g/mol. The van der Waals surface area contributed by atoms with E-state index in [0.717, 1.165) is 60.3 Å². The van der Waals surface area contributed by atoms with Gasteiger partial charge in [-0.2, -0.15) is 0 Å². The molecule has 0 saturated carbocycles. The molecule has 4 rings (SSSR count). The van der Waals surface area contributed by atoms with Crippen molar-refractivity contribution in [3.63, 3.8) is 0 Å². The summed E-state index contributed by atoms with van der Waals surface area (Å²) in [5.41, 5.74) is 3.50. The van der Waals surface area contributed by atoms with Gasteiger partial charge in [-0.25, -0.2) is 4.98 Å². The highest BCUT2D eigenvalue weighted by atomic mass is 32.1. The minimum Gasteiger partial charge on any atom is -0.495 e. The highest BCUT2D eigenvalue weighted by Gasteiger charge is 2.14. The number of thiocarbonyl (C=S) groups is 1. The third kappa shape index (κ3) is 6.75. The maximum atomic E-state index is 12.8. The molecule has 0 fully saturated rings. The molecule has 1 aromatic carbocycles. The van der Waals surface area contributed by atoms with Gasteiger partial charge in [0, 0.05) is 30.2 Å². The quantitative estimate of drug-likeness (QED) is 0.175. The van der Waals surface area contributed by atoms with E-state index in [-0.39, 0.29) is 5.56 Å². The molecule has 1 atom stereocenters. The Morgan fingerprint density at radius 1 is 1.11 bits per heavy atom. The van der Waals surface area contributed by atoms with Crippen molar-refractivity contribution >= 4 is 39.5 Å². The fourth-order valence-electron chi connectivity index (χ4n) is 4.72. The van der Waals surface area contributed by atoms with Gasteiger partial charge in [0.15, 0.2) is 0 Å². The van der Waals surface area contributed by atoms with Gasteiger partial charge in [-0.3, -0.25) is 9.78 Å². The number of H-pyrrole nitrogens is 1. The molecule has 8 heteroatoms. The fourth-order valence-corrected chi connectivity index (χ4v) is 5.01. The Morgan fingerprint density at radius 2 is 1.92 bits per heavy atom. The Morgan fingerprint density at radius 3 is 2.66 bits per heavy atom. The molecule has 3 heterocycles. The summed E-state index contributed by atoms with van der Waals surface area (Å²) in [4.78, 5) is 25.6. The second-order valence-corrected chi connectivity index (χ2v) is 9.81. The molecule has 0 aliphatic carbocycles. The van der Waals surface area contributed by atoms with Crippen LogP contribution in [-0.2, 0) is 0 Å². The molecule has 0 bridgehead atoms. The van der Waals surface area contributed by atoms with Crippen molar-refractivity contribution in [2.75, 3.05) is 19.0 Å². The molecule has 7 nitrogen and oxygen atoms in total. The number of pyridine rings is 3. The molecule has 0 radical (unpaired) electrons. The molecule has 38 heavy (non-hydrogen) atoms. The lowest BCUT2D eigenvalue weighted by molar-refractivity contribution is 0.413. The molecule has 3 N–H and O–H groups in total. The zero-order chi connectivity index (χ0) is 26.9. The fraction of sp³-hybridized carbons (Fsp3) is 0.333. The highest BCUT2D eigenvalue weighted by Crippen LogP contribution is 2.31. The largest absolute Gasteiger partial charge is 0.495 e. The van der Waals surface area contributed by atoms with Gasteiger partial charge in [-0.05, 0) is 79.8 Å². The van der Waals surface area contributed by atoms with Crippen molar-refractivity contribution in [3.8, 4) is 17.0 Å². The number of aromatic nitrogens is 3. The Kier molecular flexibility index (Phi) is 9.43. The second-order valence-electron chi connectivity index (χ2n) is 9.32. The van der Waals surface area contributed by atoms with Crippen LogP contribution in [0.15, 0.2) is 65.8 Å². The van der Waals surface area contributed by atoms with Crippen LogP contribution in [0, 0.1) is 0 Å². The first kappa shape index (κ1) is 27.3. The molecule has 0 aliphatic heterocycles. The highest BCUT2D eigenvalue weighted by molar-refractivity contribution is 7.80. The van der Waals surface area contributed by atoms with Crippen molar-refractivity contribution < 1.29 is 4.74 Å². The first-order chi connectivity index (χ1) is 18.5. The smallest absolute Gasteiger partial charge is 0.259 e. The van der Waals surface area contributed by atoms with Gasteiger partial charge in [0.05, 0.1) is 29.4 Å². The lowest BCUT2D eigenvalue weighted by atomic mass is 9.89. The topological polar surface area (TPSA) is 91.9 Å². The van der Waals surface area contributed by atoms with Crippen molar-refractivity contribution in [1.29, 1.82) is 0 Å². The first-order valence-corrected chi connectivity index (χ1v) is 13.6. The van der Waals surface area contributed by atoms with E-state index in [2.05, 4.69) is 58.7 Å². The summed E-state index contributed by atoms with van der Waals surface area (Å²) >= 11 is 5.40. The standard InChI is InChI=1S/C30H35N5O2S/c1-4-7-20(8-6-9-27(38)32-5-2)21-10-12-24(13-11-21)34-29-28-22(14-15-33-30(28)36)17-26(35-29)23-16-25(37-3)19-31-18-23/h10-20H,4-9H2,1-3H3,(H,32,38)(H,33,36)(H,34,35). The number of nitrogens with one attached hydrogen (secondary N) is 3. The van der Waals surface area contributed by atoms with E-state index in [1.165, 1.54) is 5.56 Å². The van der Waals surface area contributed by atoms with Crippen LogP contribution >= 0.6 is 12.2 Å². The van der Waals surface area contributed by atoms with Gasteiger partial charge in [0.1, 0.15) is 11.6 Å². The van der Waals surface area contributed by atoms with E-state index >= 15 is 0 Å². The van der Waals surface area contributed by atoms with Gasteiger partial charge in [0.2, 0.25) is 0 Å². The molecular formula is C30H35N5O2S. The van der Waals surface area contributed by atoms with E-state index in [0.29, 0.717) is 28.6 Å². The molecule has 0 spiro atoms. The van der Waals surface area contributed by atoms with Crippen LogP contribution in [0.3, 0.4) is 0 Å². The molecule has 198 valence electrons. The zero-order valence-electron chi connectivity index (χ0n) is 22.2. The molecular weight excluding hydrogens is 494 g/mol. The van der Waals surface area contributed by atoms with Crippen LogP contribution in [0.1, 0.15) is 57.4 Å². The Balaban J connectivity index is 1.59. The summed E-state index contributed by atoms with van der Waals surface area (Å²) in [6.45, 7) is 5.18. The molecule has 0 amide bonds. The maximum Gasteiger partial charge on any atom is 0.259 e. The summed E-state index contributed by atoms with van der Waals surface area (Å²) in [5.74, 6) is 1.63. The number of anilines is 2. The number of hydrogen-bond acceptors (Lipinski definition) is 6. The van der Waals surface area contributed by atoms with Crippen LogP contribution in [-0.4, -0.2) is 33.6 Å². The summed E-state index contributed by atoms with van der Waals surface area (Å²) < 4.78 is 5.33.